The number of nitrogens with zero attached hydrogens (tertiary/aromatic N) is 1. The third-order valence-corrected chi connectivity index (χ3v) is 6.94. The van der Waals surface area contributed by atoms with Gasteiger partial charge in [-0.25, -0.2) is 4.79 Å². The van der Waals surface area contributed by atoms with Crippen molar-refractivity contribution in [1.82, 2.24) is 0 Å². The van der Waals surface area contributed by atoms with Crippen LogP contribution in [0.4, 0.5) is 5.00 Å². The molecule has 3 aromatic rings. The van der Waals surface area contributed by atoms with E-state index >= 15 is 0 Å². The topological polar surface area (TPSA) is 63.7 Å². The summed E-state index contributed by atoms with van der Waals surface area (Å²) in [6, 6.07) is 21.6. The molecule has 1 heterocycles. The van der Waals surface area contributed by atoms with Gasteiger partial charge in [-0.05, 0) is 36.4 Å². The van der Waals surface area contributed by atoms with Crippen molar-refractivity contribution in [2.75, 3.05) is 17.8 Å². The van der Waals surface area contributed by atoms with Gasteiger partial charge in [0, 0.05) is 11.3 Å². The van der Waals surface area contributed by atoms with E-state index in [9.17, 15) is 14.4 Å². The van der Waals surface area contributed by atoms with Crippen LogP contribution in [0.3, 0.4) is 0 Å². The second kappa shape index (κ2) is 11.6. The minimum Gasteiger partial charge on any atom is -0.467 e. The molecule has 2 atom stereocenters. The van der Waals surface area contributed by atoms with Crippen LogP contribution >= 0.6 is 23.1 Å². The summed E-state index contributed by atoms with van der Waals surface area (Å²) in [6.07, 6.45) is 0.463. The van der Waals surface area contributed by atoms with E-state index in [1.807, 2.05) is 66.0 Å². The maximum Gasteiger partial charge on any atom is 0.328 e. The number of rotatable bonds is 9. The largest absolute Gasteiger partial charge is 0.467 e. The standard InChI is InChI=1S/C25H25NO4S2/c1-18(24(28)30-2)26(22-14-9-15-31-22)23(27)21(16-19-10-5-3-6-11-19)17-32-25(29)20-12-7-4-8-13-20/h3-15,18,21H,16-17H2,1-2H3/t18-,21?/m0/s1. The van der Waals surface area contributed by atoms with E-state index in [0.29, 0.717) is 22.7 Å². The number of benzene rings is 2. The van der Waals surface area contributed by atoms with Gasteiger partial charge in [0.05, 0.1) is 18.0 Å². The summed E-state index contributed by atoms with van der Waals surface area (Å²) >= 11 is 2.51. The van der Waals surface area contributed by atoms with Gasteiger partial charge in [0.2, 0.25) is 11.0 Å². The normalized spacial score (nSPS) is 12.6. The van der Waals surface area contributed by atoms with Crippen LogP contribution in [0.2, 0.25) is 0 Å². The maximum atomic E-state index is 13.8. The lowest BCUT2D eigenvalue weighted by Gasteiger charge is -2.30. The number of hydrogen-bond acceptors (Lipinski definition) is 6. The average Bonchev–Trinajstić information content (AvgIpc) is 3.36. The molecule has 3 rings (SSSR count). The Morgan fingerprint density at radius 2 is 1.62 bits per heavy atom. The highest BCUT2D eigenvalue weighted by Crippen LogP contribution is 2.29. The molecule has 0 N–H and O–H groups in total. The molecule has 0 saturated carbocycles. The molecular formula is C25H25NO4S2. The Balaban J connectivity index is 1.86. The van der Waals surface area contributed by atoms with E-state index < -0.39 is 17.9 Å². The SMILES string of the molecule is COC(=O)[C@H](C)N(C(=O)C(CSC(=O)c1ccccc1)Cc1ccccc1)c1cccs1. The predicted octanol–water partition coefficient (Wildman–Crippen LogP) is 5.08. The summed E-state index contributed by atoms with van der Waals surface area (Å²) in [4.78, 5) is 40.2. The fourth-order valence-electron chi connectivity index (χ4n) is 3.32. The highest BCUT2D eigenvalue weighted by atomic mass is 32.2. The smallest absolute Gasteiger partial charge is 0.328 e. The molecule has 0 radical (unpaired) electrons. The highest BCUT2D eigenvalue weighted by molar-refractivity contribution is 8.14. The first-order valence-electron chi connectivity index (χ1n) is 10.2. The van der Waals surface area contributed by atoms with E-state index in [0.717, 1.165) is 17.3 Å². The van der Waals surface area contributed by atoms with Gasteiger partial charge in [-0.2, -0.15) is 0 Å². The lowest BCUT2D eigenvalue weighted by atomic mass is 9.99. The van der Waals surface area contributed by atoms with Crippen LogP contribution in [0.5, 0.6) is 0 Å². The number of carbonyl (C=O) groups is 3. The van der Waals surface area contributed by atoms with E-state index in [2.05, 4.69) is 0 Å². The predicted molar refractivity (Wildman–Crippen MR) is 130 cm³/mol. The fourth-order valence-corrected chi connectivity index (χ4v) is 5.05. The minimum atomic E-state index is -0.778. The molecule has 1 aromatic heterocycles. The summed E-state index contributed by atoms with van der Waals surface area (Å²) < 4.78 is 4.91. The molecule has 5 nitrogen and oxygen atoms in total. The lowest BCUT2D eigenvalue weighted by molar-refractivity contribution is -0.143. The van der Waals surface area contributed by atoms with Crippen molar-refractivity contribution in [2.24, 2.45) is 5.92 Å². The number of esters is 1. The Hall–Kier alpha value is -2.90. The highest BCUT2D eigenvalue weighted by Gasteiger charge is 2.34. The Labute approximate surface area is 196 Å². The number of methoxy groups -OCH3 is 1. The number of thioether (sulfide) groups is 1. The van der Waals surface area contributed by atoms with Crippen molar-refractivity contribution in [1.29, 1.82) is 0 Å². The van der Waals surface area contributed by atoms with Gasteiger partial charge >= 0.3 is 5.97 Å². The number of carbonyl (C=O) groups excluding carboxylic acids is 3. The van der Waals surface area contributed by atoms with Crippen molar-refractivity contribution in [3.63, 3.8) is 0 Å². The minimum absolute atomic E-state index is 0.0832. The van der Waals surface area contributed by atoms with Gasteiger partial charge < -0.3 is 4.74 Å². The average molecular weight is 468 g/mol. The molecule has 1 amide bonds. The van der Waals surface area contributed by atoms with Crippen LogP contribution in [-0.2, 0) is 20.7 Å². The van der Waals surface area contributed by atoms with Gasteiger partial charge in [0.15, 0.2) is 0 Å². The van der Waals surface area contributed by atoms with Crippen LogP contribution in [-0.4, -0.2) is 35.9 Å². The molecule has 0 spiro atoms. The van der Waals surface area contributed by atoms with Crippen molar-refractivity contribution >= 4 is 45.1 Å². The third kappa shape index (κ3) is 6.08. The third-order valence-electron chi connectivity index (χ3n) is 5.01. The molecule has 0 aliphatic heterocycles. The molecule has 0 fully saturated rings. The van der Waals surface area contributed by atoms with Gasteiger partial charge in [-0.3, -0.25) is 14.5 Å². The first kappa shape index (κ1) is 23.8. The van der Waals surface area contributed by atoms with Gasteiger partial charge in [0.25, 0.3) is 0 Å². The monoisotopic (exact) mass is 467 g/mol. The zero-order chi connectivity index (χ0) is 22.9. The zero-order valence-corrected chi connectivity index (χ0v) is 19.6. The molecular weight excluding hydrogens is 442 g/mol. The number of ether oxygens (including phenoxy) is 1. The van der Waals surface area contributed by atoms with Crippen LogP contribution < -0.4 is 4.90 Å². The van der Waals surface area contributed by atoms with Gasteiger partial charge in [-0.1, -0.05) is 72.4 Å². The van der Waals surface area contributed by atoms with Crippen LogP contribution in [0, 0.1) is 5.92 Å². The molecule has 1 unspecified atom stereocenters. The first-order chi connectivity index (χ1) is 15.5. The Morgan fingerprint density at radius 1 is 0.969 bits per heavy atom. The molecule has 0 aliphatic rings. The van der Waals surface area contributed by atoms with Crippen molar-refractivity contribution in [3.05, 3.63) is 89.3 Å². The molecule has 32 heavy (non-hydrogen) atoms. The number of thiophene rings is 1. The molecule has 166 valence electrons. The summed E-state index contributed by atoms with van der Waals surface area (Å²) in [5.74, 6) is -0.887. The van der Waals surface area contributed by atoms with E-state index in [-0.39, 0.29) is 11.0 Å². The summed E-state index contributed by atoms with van der Waals surface area (Å²) in [7, 11) is 1.31. The van der Waals surface area contributed by atoms with Crippen molar-refractivity contribution in [2.45, 2.75) is 19.4 Å². The number of anilines is 1. The fraction of sp³-hybridized carbons (Fsp3) is 0.240. The molecule has 0 bridgehead atoms. The summed E-state index contributed by atoms with van der Waals surface area (Å²) in [5.41, 5.74) is 1.59. The van der Waals surface area contributed by atoms with Gasteiger partial charge in [0.1, 0.15) is 6.04 Å². The van der Waals surface area contributed by atoms with Crippen molar-refractivity contribution < 1.29 is 19.1 Å². The molecule has 7 heteroatoms. The van der Waals surface area contributed by atoms with Crippen LogP contribution in [0.15, 0.2) is 78.2 Å². The summed E-state index contributed by atoms with van der Waals surface area (Å²) in [5, 5.41) is 2.45. The Morgan fingerprint density at radius 3 is 2.22 bits per heavy atom. The first-order valence-corrected chi connectivity index (χ1v) is 12.1. The molecule has 0 saturated heterocycles. The van der Waals surface area contributed by atoms with Crippen LogP contribution in [0.25, 0.3) is 0 Å². The second-order valence-electron chi connectivity index (χ2n) is 7.21. The van der Waals surface area contributed by atoms with E-state index in [1.165, 1.54) is 23.3 Å². The number of amides is 1. The van der Waals surface area contributed by atoms with Crippen molar-refractivity contribution in [3.8, 4) is 0 Å². The molecule has 0 aliphatic carbocycles. The maximum absolute atomic E-state index is 13.8. The lowest BCUT2D eigenvalue weighted by Crippen LogP contribution is -2.47. The summed E-state index contributed by atoms with van der Waals surface area (Å²) in [6.45, 7) is 1.66. The molecule has 2 aromatic carbocycles. The number of hydrogen-bond donors (Lipinski definition) is 0. The van der Waals surface area contributed by atoms with Gasteiger partial charge in [-0.15, -0.1) is 11.3 Å². The second-order valence-corrected chi connectivity index (χ2v) is 9.13. The van der Waals surface area contributed by atoms with E-state index in [1.54, 1.807) is 19.1 Å². The van der Waals surface area contributed by atoms with E-state index in [4.69, 9.17) is 4.74 Å². The Kier molecular flexibility index (Phi) is 8.64. The zero-order valence-electron chi connectivity index (χ0n) is 18.0. The van der Waals surface area contributed by atoms with Crippen LogP contribution in [0.1, 0.15) is 22.8 Å². The quantitative estimate of drug-likeness (QED) is 0.411. The Bertz CT molecular complexity index is 1020.